The van der Waals surface area contributed by atoms with Crippen LogP contribution in [0.15, 0.2) is 88.2 Å². The lowest BCUT2D eigenvalue weighted by atomic mass is 10.2. The van der Waals surface area contributed by atoms with Gasteiger partial charge in [0.15, 0.2) is 5.17 Å². The van der Waals surface area contributed by atoms with E-state index in [9.17, 15) is 22.4 Å². The Kier molecular flexibility index (Phi) is 9.94. The first-order chi connectivity index (χ1) is 19.3. The third-order valence-electron chi connectivity index (χ3n) is 6.03. The molecule has 4 rings (SSSR count). The zero-order valence-corrected chi connectivity index (χ0v) is 23.6. The van der Waals surface area contributed by atoms with E-state index < -0.39 is 32.9 Å². The second-order valence-corrected chi connectivity index (χ2v) is 11.9. The van der Waals surface area contributed by atoms with Gasteiger partial charge in [0.1, 0.15) is 16.8 Å². The molecular weight excluding hydrogens is 553 g/mol. The molecule has 1 N–H and O–H groups in total. The number of nitrogens with one attached hydrogen (secondary N) is 1. The van der Waals surface area contributed by atoms with E-state index >= 15 is 0 Å². The molecule has 0 aromatic heterocycles. The van der Waals surface area contributed by atoms with Crippen LogP contribution in [0.2, 0.25) is 0 Å². The maximum Gasteiger partial charge on any atom is 0.284 e. The molecule has 3 aromatic rings. The van der Waals surface area contributed by atoms with Crippen LogP contribution in [0, 0.1) is 5.82 Å². The van der Waals surface area contributed by atoms with Crippen LogP contribution < -0.4 is 15.0 Å². The second kappa shape index (κ2) is 13.6. The van der Waals surface area contributed by atoms with Gasteiger partial charge in [-0.2, -0.15) is 8.42 Å². The molecule has 0 aliphatic carbocycles. The van der Waals surface area contributed by atoms with Crippen molar-refractivity contribution in [1.29, 1.82) is 0 Å². The number of halogens is 1. The molecule has 8 nitrogen and oxygen atoms in total. The molecule has 11 heteroatoms. The number of amidine groups is 1. The molecule has 0 saturated carbocycles. The average Bonchev–Trinajstić information content (AvgIpc) is 3.23. The van der Waals surface area contributed by atoms with Gasteiger partial charge >= 0.3 is 0 Å². The number of sulfonamides is 1. The molecule has 1 unspecified atom stereocenters. The minimum atomic E-state index is -4.25. The highest BCUT2D eigenvalue weighted by molar-refractivity contribution is 8.16. The molecule has 1 aliphatic rings. The maximum absolute atomic E-state index is 13.4. The van der Waals surface area contributed by atoms with Gasteiger partial charge in [-0.15, -0.1) is 4.40 Å². The molecule has 0 spiro atoms. The highest BCUT2D eigenvalue weighted by Gasteiger charge is 2.41. The summed E-state index contributed by atoms with van der Waals surface area (Å²) < 4.78 is 48.8. The van der Waals surface area contributed by atoms with E-state index in [2.05, 4.69) is 16.6 Å². The average molecular weight is 584 g/mol. The van der Waals surface area contributed by atoms with E-state index in [1.807, 2.05) is 0 Å². The highest BCUT2D eigenvalue weighted by atomic mass is 32.2. The van der Waals surface area contributed by atoms with Crippen LogP contribution in [0.4, 0.5) is 15.8 Å². The van der Waals surface area contributed by atoms with Crippen molar-refractivity contribution in [1.82, 2.24) is 0 Å². The SMILES string of the molecule is CCCCCCOc1ccc(NC(=O)CC2SC(=NS(=O)(=O)c3ccc(F)cc3)N(c3ccccc3)C2=O)cc1. The third kappa shape index (κ3) is 7.70. The summed E-state index contributed by atoms with van der Waals surface area (Å²) in [5.41, 5.74) is 0.965. The molecule has 0 radical (unpaired) electrons. The minimum absolute atomic E-state index is 0.0845. The number of carbonyl (C=O) groups is 2. The summed E-state index contributed by atoms with van der Waals surface area (Å²) in [7, 11) is -4.25. The predicted molar refractivity (Wildman–Crippen MR) is 156 cm³/mol. The summed E-state index contributed by atoms with van der Waals surface area (Å²) in [6.45, 7) is 2.78. The number of amides is 2. The maximum atomic E-state index is 13.4. The van der Waals surface area contributed by atoms with E-state index in [-0.39, 0.29) is 16.5 Å². The molecule has 1 fully saturated rings. The van der Waals surface area contributed by atoms with Crippen molar-refractivity contribution >= 4 is 50.1 Å². The van der Waals surface area contributed by atoms with Crippen LogP contribution in [-0.4, -0.2) is 37.3 Å². The first kappa shape index (κ1) is 29.3. The molecule has 210 valence electrons. The number of unbranched alkanes of at least 4 members (excludes halogenated alkanes) is 3. The first-order valence-corrected chi connectivity index (χ1v) is 15.3. The van der Waals surface area contributed by atoms with E-state index in [0.29, 0.717) is 23.7 Å². The van der Waals surface area contributed by atoms with Crippen LogP contribution in [0.5, 0.6) is 5.75 Å². The van der Waals surface area contributed by atoms with E-state index in [1.54, 1.807) is 54.6 Å². The molecule has 1 heterocycles. The van der Waals surface area contributed by atoms with Crippen LogP contribution in [0.25, 0.3) is 0 Å². The van der Waals surface area contributed by atoms with Gasteiger partial charge in [-0.25, -0.2) is 4.39 Å². The Morgan fingerprint density at radius 2 is 1.70 bits per heavy atom. The number of anilines is 2. The number of thioether (sulfide) groups is 1. The topological polar surface area (TPSA) is 105 Å². The minimum Gasteiger partial charge on any atom is -0.494 e. The third-order valence-corrected chi connectivity index (χ3v) is 8.57. The molecule has 0 bridgehead atoms. The fourth-order valence-electron chi connectivity index (χ4n) is 3.97. The van der Waals surface area contributed by atoms with Gasteiger partial charge in [0.2, 0.25) is 11.8 Å². The van der Waals surface area contributed by atoms with Gasteiger partial charge in [0.05, 0.1) is 17.2 Å². The Morgan fingerprint density at radius 1 is 1.00 bits per heavy atom. The number of rotatable bonds is 12. The lowest BCUT2D eigenvalue weighted by Gasteiger charge is -2.16. The molecular formula is C29H30FN3O5S2. The number of carbonyl (C=O) groups excluding carboxylic acids is 2. The fraction of sp³-hybridized carbons (Fsp3) is 0.276. The Labute approximate surface area is 237 Å². The summed E-state index contributed by atoms with van der Waals surface area (Å²) in [5, 5.41) is 1.80. The second-order valence-electron chi connectivity index (χ2n) is 9.10. The van der Waals surface area contributed by atoms with Gasteiger partial charge < -0.3 is 10.1 Å². The van der Waals surface area contributed by atoms with E-state index in [4.69, 9.17) is 4.74 Å². The quantitative estimate of drug-likeness (QED) is 0.262. The lowest BCUT2D eigenvalue weighted by Crippen LogP contribution is -2.33. The molecule has 1 saturated heterocycles. The molecule has 1 atom stereocenters. The number of hydrogen-bond acceptors (Lipinski definition) is 6. The van der Waals surface area contributed by atoms with Crippen LogP contribution in [0.1, 0.15) is 39.0 Å². The van der Waals surface area contributed by atoms with Gasteiger partial charge in [-0.3, -0.25) is 14.5 Å². The van der Waals surface area contributed by atoms with Crippen molar-refractivity contribution in [2.75, 3.05) is 16.8 Å². The van der Waals surface area contributed by atoms with Crippen molar-refractivity contribution in [3.05, 3.63) is 84.7 Å². The van der Waals surface area contributed by atoms with E-state index in [0.717, 1.165) is 55.3 Å². The summed E-state index contributed by atoms with van der Waals surface area (Å²) in [6.07, 6.45) is 4.24. The molecule has 3 aromatic carbocycles. The van der Waals surface area contributed by atoms with Crippen molar-refractivity contribution in [2.24, 2.45) is 4.40 Å². The zero-order valence-electron chi connectivity index (χ0n) is 22.0. The van der Waals surface area contributed by atoms with Gasteiger partial charge in [0, 0.05) is 12.1 Å². The highest BCUT2D eigenvalue weighted by Crippen LogP contribution is 2.35. The summed E-state index contributed by atoms with van der Waals surface area (Å²) >= 11 is 0.895. The fourth-order valence-corrected chi connectivity index (χ4v) is 6.31. The molecule has 2 amide bonds. The largest absolute Gasteiger partial charge is 0.494 e. The van der Waals surface area contributed by atoms with Crippen molar-refractivity contribution in [3.8, 4) is 5.75 Å². The smallest absolute Gasteiger partial charge is 0.284 e. The van der Waals surface area contributed by atoms with Crippen molar-refractivity contribution in [3.63, 3.8) is 0 Å². The van der Waals surface area contributed by atoms with Gasteiger partial charge in [-0.05, 0) is 67.1 Å². The number of nitrogens with zero attached hydrogens (tertiary/aromatic N) is 2. The van der Waals surface area contributed by atoms with Crippen LogP contribution >= 0.6 is 11.8 Å². The predicted octanol–water partition coefficient (Wildman–Crippen LogP) is 6.01. The lowest BCUT2D eigenvalue weighted by molar-refractivity contribution is -0.121. The standard InChI is InChI=1S/C29H30FN3O5S2/c1-2-3-4-8-19-38-24-15-13-22(14-16-24)31-27(34)20-26-28(35)33(23-9-6-5-7-10-23)29(39-26)32-40(36,37)25-17-11-21(30)12-18-25/h5-7,9-18,26H,2-4,8,19-20H2,1H3,(H,31,34). The van der Waals surface area contributed by atoms with Crippen LogP contribution in [0.3, 0.4) is 0 Å². The summed E-state index contributed by atoms with van der Waals surface area (Å²) in [5.74, 6) is -0.753. The number of benzene rings is 3. The normalized spacial score (nSPS) is 16.4. The van der Waals surface area contributed by atoms with E-state index in [1.165, 1.54) is 11.3 Å². The Bertz CT molecular complexity index is 1450. The summed E-state index contributed by atoms with van der Waals surface area (Å²) in [6, 6.07) is 19.7. The van der Waals surface area contributed by atoms with Crippen molar-refractivity contribution in [2.45, 2.75) is 49.2 Å². The zero-order chi connectivity index (χ0) is 28.5. The Morgan fingerprint density at radius 3 is 2.38 bits per heavy atom. The van der Waals surface area contributed by atoms with Crippen molar-refractivity contribution < 1.29 is 27.1 Å². The Hall–Kier alpha value is -3.70. The number of ether oxygens (including phenoxy) is 1. The number of hydrogen-bond donors (Lipinski definition) is 1. The molecule has 40 heavy (non-hydrogen) atoms. The number of para-hydroxylation sites is 1. The Balaban J connectivity index is 1.45. The first-order valence-electron chi connectivity index (χ1n) is 13.0. The summed E-state index contributed by atoms with van der Waals surface area (Å²) in [4.78, 5) is 27.2. The van der Waals surface area contributed by atoms with Gasteiger partial charge in [-0.1, -0.05) is 56.1 Å². The monoisotopic (exact) mass is 583 g/mol. The van der Waals surface area contributed by atoms with Gasteiger partial charge in [0.25, 0.3) is 10.0 Å². The van der Waals surface area contributed by atoms with Crippen LogP contribution in [-0.2, 0) is 19.6 Å². The molecule has 1 aliphatic heterocycles.